The molecule has 0 bridgehead atoms. The van der Waals surface area contributed by atoms with Crippen molar-refractivity contribution in [2.45, 2.75) is 69.7 Å². The quantitative estimate of drug-likeness (QED) is 0.247. The van der Waals surface area contributed by atoms with Gasteiger partial charge in [-0.3, -0.25) is 0 Å². The molecule has 0 radical (unpaired) electrons. The van der Waals surface area contributed by atoms with Crippen LogP contribution in [0.25, 0.3) is 0 Å². The van der Waals surface area contributed by atoms with Gasteiger partial charge in [-0.25, -0.2) is 27.4 Å². The fraction of sp³-hybridized carbons (Fsp3) is 0.438. The van der Waals surface area contributed by atoms with E-state index in [-0.39, 0.29) is 34.8 Å². The smallest absolute Gasteiger partial charge is 0.408 e. The van der Waals surface area contributed by atoms with Crippen LogP contribution in [-0.2, 0) is 37.1 Å². The van der Waals surface area contributed by atoms with Gasteiger partial charge in [0.25, 0.3) is 0 Å². The monoisotopic (exact) mass is 673 g/mol. The van der Waals surface area contributed by atoms with Crippen molar-refractivity contribution in [1.29, 1.82) is 0 Å². The second-order valence-corrected chi connectivity index (χ2v) is 14.9. The molecule has 11 nitrogen and oxygen atoms in total. The highest BCUT2D eigenvalue weighted by Crippen LogP contribution is 2.37. The van der Waals surface area contributed by atoms with E-state index < -0.39 is 46.0 Å². The first-order valence-corrected chi connectivity index (χ1v) is 18.1. The van der Waals surface area contributed by atoms with Crippen LogP contribution >= 0.6 is 11.8 Å². The molecule has 1 unspecified atom stereocenters. The lowest BCUT2D eigenvalue weighted by Gasteiger charge is -2.37. The summed E-state index contributed by atoms with van der Waals surface area (Å²) in [5, 5.41) is 5.59. The summed E-state index contributed by atoms with van der Waals surface area (Å²) < 4.78 is 51.3. The third kappa shape index (κ3) is 9.09. The van der Waals surface area contributed by atoms with Gasteiger partial charge in [0.05, 0.1) is 6.04 Å². The average Bonchev–Trinajstić information content (AvgIpc) is 2.97. The number of aromatic nitrogens is 2. The third-order valence-electron chi connectivity index (χ3n) is 7.19. The van der Waals surface area contributed by atoms with E-state index in [0.29, 0.717) is 24.4 Å². The fourth-order valence-electron chi connectivity index (χ4n) is 5.11. The van der Waals surface area contributed by atoms with Crippen molar-refractivity contribution in [3.8, 4) is 0 Å². The Bertz CT molecular complexity index is 1660. The molecule has 1 amide bonds. The van der Waals surface area contributed by atoms with Crippen molar-refractivity contribution >= 4 is 51.1 Å². The van der Waals surface area contributed by atoms with E-state index >= 15 is 0 Å². The molecule has 2 heterocycles. The molecule has 1 aromatic heterocycles. The number of ether oxygens (including phenoxy) is 2. The van der Waals surface area contributed by atoms with Gasteiger partial charge in [0.2, 0.25) is 5.95 Å². The second kappa shape index (κ2) is 14.7. The first-order valence-electron chi connectivity index (χ1n) is 14.8. The third-order valence-corrected chi connectivity index (χ3v) is 9.00. The minimum Gasteiger partial charge on any atom is -0.458 e. The van der Waals surface area contributed by atoms with Gasteiger partial charge in [0.1, 0.15) is 34.7 Å². The van der Waals surface area contributed by atoms with Crippen LogP contribution in [0.1, 0.15) is 57.0 Å². The van der Waals surface area contributed by atoms with Gasteiger partial charge < -0.3 is 25.0 Å². The minimum atomic E-state index is -3.96. The summed E-state index contributed by atoms with van der Waals surface area (Å²) in [6, 6.07) is 12.2. The molecule has 0 spiro atoms. The van der Waals surface area contributed by atoms with E-state index in [1.165, 1.54) is 36.0 Å². The SMILES string of the molecule is CSCC[C@H](NC(=O)OC(C)(C)C)C(=O)OCc1nc(Nc2ccc(F)cc2)nc(N2CCc3ccccc3C2C)c1S(C)(=O)=O. The Labute approximate surface area is 273 Å². The van der Waals surface area contributed by atoms with Crippen LogP contribution in [-0.4, -0.2) is 66.9 Å². The number of nitrogens with one attached hydrogen (secondary N) is 2. The molecule has 4 rings (SSSR count). The fourth-order valence-corrected chi connectivity index (χ4v) is 6.61. The van der Waals surface area contributed by atoms with Gasteiger partial charge >= 0.3 is 12.1 Å². The zero-order valence-electron chi connectivity index (χ0n) is 26.8. The molecule has 14 heteroatoms. The van der Waals surface area contributed by atoms with Crippen LogP contribution in [0.15, 0.2) is 53.4 Å². The van der Waals surface area contributed by atoms with E-state index in [4.69, 9.17) is 9.47 Å². The molecule has 0 saturated heterocycles. The van der Waals surface area contributed by atoms with Crippen LogP contribution < -0.4 is 15.5 Å². The lowest BCUT2D eigenvalue weighted by atomic mass is 9.93. The maximum Gasteiger partial charge on any atom is 0.408 e. The number of nitrogens with zero attached hydrogens (tertiary/aromatic N) is 3. The molecular weight excluding hydrogens is 634 g/mol. The summed E-state index contributed by atoms with van der Waals surface area (Å²) in [6.07, 6.45) is 3.07. The molecule has 46 heavy (non-hydrogen) atoms. The first-order chi connectivity index (χ1) is 21.7. The zero-order valence-corrected chi connectivity index (χ0v) is 28.4. The number of sulfone groups is 1. The second-order valence-electron chi connectivity index (χ2n) is 12.0. The normalized spacial score (nSPS) is 15.5. The van der Waals surface area contributed by atoms with Crippen molar-refractivity contribution in [3.63, 3.8) is 0 Å². The molecule has 1 aliphatic heterocycles. The van der Waals surface area contributed by atoms with E-state index in [2.05, 4.69) is 20.6 Å². The summed E-state index contributed by atoms with van der Waals surface area (Å²) in [5.41, 5.74) is 1.85. The number of anilines is 3. The molecule has 2 aromatic carbocycles. The average molecular weight is 674 g/mol. The van der Waals surface area contributed by atoms with Gasteiger partial charge in [-0.2, -0.15) is 16.7 Å². The van der Waals surface area contributed by atoms with Crippen molar-refractivity contribution in [1.82, 2.24) is 15.3 Å². The number of halogens is 1. The van der Waals surface area contributed by atoms with Crippen molar-refractivity contribution in [3.05, 3.63) is 71.2 Å². The number of fused-ring (bicyclic) bond motifs is 1. The molecule has 2 atom stereocenters. The summed E-state index contributed by atoms with van der Waals surface area (Å²) in [6.45, 7) is 7.06. The van der Waals surface area contributed by atoms with Gasteiger partial charge in [0.15, 0.2) is 15.7 Å². The number of rotatable bonds is 11. The lowest BCUT2D eigenvalue weighted by molar-refractivity contribution is -0.147. The number of esters is 1. The number of carbonyl (C=O) groups is 2. The number of thioether (sulfide) groups is 1. The molecule has 0 fully saturated rings. The first kappa shape index (κ1) is 35.0. The summed E-state index contributed by atoms with van der Waals surface area (Å²) in [7, 11) is -3.96. The largest absolute Gasteiger partial charge is 0.458 e. The maximum atomic E-state index is 13.6. The predicted molar refractivity (Wildman–Crippen MR) is 177 cm³/mol. The lowest BCUT2D eigenvalue weighted by Crippen LogP contribution is -2.44. The highest BCUT2D eigenvalue weighted by molar-refractivity contribution is 7.98. The van der Waals surface area contributed by atoms with Crippen molar-refractivity contribution in [2.75, 3.05) is 35.0 Å². The van der Waals surface area contributed by atoms with E-state index in [1.54, 1.807) is 20.8 Å². The maximum absolute atomic E-state index is 13.6. The van der Waals surface area contributed by atoms with Gasteiger partial charge in [-0.05, 0) is 87.9 Å². The Morgan fingerprint density at radius 2 is 1.83 bits per heavy atom. The van der Waals surface area contributed by atoms with Gasteiger partial charge in [-0.15, -0.1) is 0 Å². The zero-order chi connectivity index (χ0) is 33.6. The van der Waals surface area contributed by atoms with E-state index in [9.17, 15) is 22.4 Å². The number of alkyl carbamates (subject to hydrolysis) is 1. The topological polar surface area (TPSA) is 140 Å². The summed E-state index contributed by atoms with van der Waals surface area (Å²) in [5.74, 6) is -0.461. The Morgan fingerprint density at radius 1 is 1.13 bits per heavy atom. The molecule has 2 N–H and O–H groups in total. The van der Waals surface area contributed by atoms with Crippen molar-refractivity contribution in [2.24, 2.45) is 0 Å². The predicted octanol–water partition coefficient (Wildman–Crippen LogP) is 5.58. The number of hydrogen-bond donors (Lipinski definition) is 2. The van der Waals surface area contributed by atoms with Crippen LogP contribution in [0.5, 0.6) is 0 Å². The molecule has 1 aliphatic rings. The molecule has 0 aliphatic carbocycles. The van der Waals surface area contributed by atoms with Gasteiger partial charge in [0, 0.05) is 18.5 Å². The Morgan fingerprint density at radius 3 is 2.48 bits per heavy atom. The summed E-state index contributed by atoms with van der Waals surface area (Å²) >= 11 is 1.49. The summed E-state index contributed by atoms with van der Waals surface area (Å²) in [4.78, 5) is 36.7. The number of benzene rings is 2. The molecular formula is C32H40FN5O6S2. The minimum absolute atomic E-state index is 0.0388. The van der Waals surface area contributed by atoms with Crippen LogP contribution in [0.2, 0.25) is 0 Å². The number of hydrogen-bond acceptors (Lipinski definition) is 11. The molecule has 248 valence electrons. The Kier molecular flexibility index (Phi) is 11.1. The Hall–Kier alpha value is -3.91. The van der Waals surface area contributed by atoms with Crippen LogP contribution in [0, 0.1) is 5.82 Å². The highest BCUT2D eigenvalue weighted by atomic mass is 32.2. The number of amides is 1. The molecule has 3 aromatic rings. The Balaban J connectivity index is 1.73. The van der Waals surface area contributed by atoms with Crippen LogP contribution in [0.4, 0.5) is 26.6 Å². The van der Waals surface area contributed by atoms with Crippen LogP contribution in [0.3, 0.4) is 0 Å². The van der Waals surface area contributed by atoms with E-state index in [0.717, 1.165) is 17.4 Å². The standard InChI is InChI=1S/C32H40FN5O6S2/c1-20-24-10-8-7-9-21(24)15-17-38(20)28-27(46(6,41)42)26(35-30(37-28)34-23-13-11-22(33)12-14-23)19-43-29(39)25(16-18-45-5)36-31(40)44-32(2,3)4/h7-14,20,25H,15-19H2,1-6H3,(H,36,40)(H,34,35,37)/t20?,25-/m0/s1. The highest BCUT2D eigenvalue weighted by Gasteiger charge is 2.33. The number of carbonyl (C=O) groups excluding carboxylic acids is 2. The molecule has 0 saturated carbocycles. The van der Waals surface area contributed by atoms with E-state index in [1.807, 2.05) is 42.3 Å². The van der Waals surface area contributed by atoms with Crippen molar-refractivity contribution < 1.29 is 31.9 Å². The van der Waals surface area contributed by atoms with Gasteiger partial charge in [-0.1, -0.05) is 24.3 Å².